The van der Waals surface area contributed by atoms with Gasteiger partial charge in [0.1, 0.15) is 17.1 Å². The van der Waals surface area contributed by atoms with Crippen LogP contribution in [0.25, 0.3) is 10.9 Å². The molecule has 0 amide bonds. The molecule has 0 aliphatic carbocycles. The molecule has 0 saturated heterocycles. The first-order chi connectivity index (χ1) is 12.1. The molecule has 25 heavy (non-hydrogen) atoms. The number of carbonyl (C=O) groups excluding carboxylic acids is 1. The Labute approximate surface area is 143 Å². The molecule has 2 aromatic carbocycles. The monoisotopic (exact) mass is 342 g/mol. The second-order valence-electron chi connectivity index (χ2n) is 5.31. The standard InChI is InChI=1S/C18H18N2O5/c1-3-25-18-13-10-11(24-2)8-9-14(13)19-16(18)17(21)12-6-4-5-7-15(12)20(22)23/h4-10,19,22-23H,3H2,1-2H3. The van der Waals surface area contributed by atoms with Gasteiger partial charge in [-0.25, -0.2) is 0 Å². The van der Waals surface area contributed by atoms with Crippen LogP contribution < -0.4 is 14.7 Å². The number of nitrogens with zero attached hydrogens (tertiary/aromatic N) is 1. The number of nitrogens with one attached hydrogen (secondary N) is 1. The van der Waals surface area contributed by atoms with Crippen molar-refractivity contribution in [3.05, 3.63) is 53.7 Å². The number of ether oxygens (including phenoxy) is 2. The number of anilines is 1. The van der Waals surface area contributed by atoms with Crippen molar-refractivity contribution in [2.75, 3.05) is 18.9 Å². The molecule has 0 saturated carbocycles. The van der Waals surface area contributed by atoms with Crippen molar-refractivity contribution in [2.45, 2.75) is 6.92 Å². The van der Waals surface area contributed by atoms with Crippen LogP contribution in [0, 0.1) is 0 Å². The smallest absolute Gasteiger partial charge is 0.215 e. The number of aromatic nitrogens is 1. The van der Waals surface area contributed by atoms with E-state index in [9.17, 15) is 15.2 Å². The molecule has 0 aliphatic heterocycles. The van der Waals surface area contributed by atoms with E-state index in [0.29, 0.717) is 23.5 Å². The van der Waals surface area contributed by atoms with Crippen molar-refractivity contribution in [1.29, 1.82) is 0 Å². The number of methoxy groups -OCH3 is 1. The maximum atomic E-state index is 13.0. The lowest BCUT2D eigenvalue weighted by molar-refractivity contribution is 0.0286. The number of para-hydroxylation sites is 1. The van der Waals surface area contributed by atoms with Crippen LogP contribution in [0.1, 0.15) is 23.0 Å². The Morgan fingerprint density at radius 3 is 2.64 bits per heavy atom. The van der Waals surface area contributed by atoms with E-state index >= 15 is 0 Å². The van der Waals surface area contributed by atoms with Crippen molar-refractivity contribution in [2.24, 2.45) is 0 Å². The predicted molar refractivity (Wildman–Crippen MR) is 91.9 cm³/mol. The molecule has 0 aliphatic rings. The number of carbonyl (C=O) groups is 1. The Kier molecular flexibility index (Phi) is 4.60. The minimum atomic E-state index is -0.415. The SMILES string of the molecule is CCOc1c(C(=O)c2ccccc2N(O)O)[nH]c2ccc(OC)cc12. The van der Waals surface area contributed by atoms with Gasteiger partial charge >= 0.3 is 0 Å². The minimum Gasteiger partial charge on any atom is -0.497 e. The summed E-state index contributed by atoms with van der Waals surface area (Å²) in [6, 6.07) is 11.5. The molecule has 0 atom stereocenters. The van der Waals surface area contributed by atoms with Crippen molar-refractivity contribution in [3.63, 3.8) is 0 Å². The van der Waals surface area contributed by atoms with E-state index in [1.54, 1.807) is 37.4 Å². The summed E-state index contributed by atoms with van der Waals surface area (Å²) in [6.45, 7) is 2.20. The number of aromatic amines is 1. The molecule has 7 nitrogen and oxygen atoms in total. The second kappa shape index (κ2) is 6.84. The Morgan fingerprint density at radius 1 is 1.20 bits per heavy atom. The number of hydrogen-bond donors (Lipinski definition) is 3. The van der Waals surface area contributed by atoms with Crippen molar-refractivity contribution in [1.82, 2.24) is 4.98 Å². The van der Waals surface area contributed by atoms with Crippen LogP contribution in [0.4, 0.5) is 5.69 Å². The first kappa shape index (κ1) is 16.8. The molecule has 7 heteroatoms. The van der Waals surface area contributed by atoms with Gasteiger partial charge in [0.15, 0.2) is 5.75 Å². The zero-order chi connectivity index (χ0) is 18.0. The van der Waals surface area contributed by atoms with Crippen LogP contribution in [0.15, 0.2) is 42.5 Å². The molecule has 3 rings (SSSR count). The summed E-state index contributed by atoms with van der Waals surface area (Å²) in [6.07, 6.45) is 0. The summed E-state index contributed by atoms with van der Waals surface area (Å²) in [4.78, 5) is 16.1. The summed E-state index contributed by atoms with van der Waals surface area (Å²) in [5, 5.41) is 19.4. The molecule has 0 bridgehead atoms. The van der Waals surface area contributed by atoms with Gasteiger partial charge in [0.25, 0.3) is 0 Å². The fourth-order valence-corrected chi connectivity index (χ4v) is 2.70. The number of benzene rings is 2. The topological polar surface area (TPSA) is 95.0 Å². The van der Waals surface area contributed by atoms with Gasteiger partial charge in [-0.15, -0.1) is 5.23 Å². The molecule has 0 radical (unpaired) electrons. The summed E-state index contributed by atoms with van der Waals surface area (Å²) in [7, 11) is 1.56. The van der Waals surface area contributed by atoms with Gasteiger partial charge in [0.05, 0.1) is 24.8 Å². The van der Waals surface area contributed by atoms with Gasteiger partial charge in [-0.3, -0.25) is 15.2 Å². The number of H-pyrrole nitrogens is 1. The summed E-state index contributed by atoms with van der Waals surface area (Å²) < 4.78 is 10.9. The van der Waals surface area contributed by atoms with Crippen molar-refractivity contribution in [3.8, 4) is 11.5 Å². The number of ketones is 1. The van der Waals surface area contributed by atoms with Crippen LogP contribution in [0.5, 0.6) is 11.5 Å². The van der Waals surface area contributed by atoms with Crippen LogP contribution in [-0.4, -0.2) is 34.9 Å². The highest BCUT2D eigenvalue weighted by molar-refractivity contribution is 6.15. The highest BCUT2D eigenvalue weighted by Gasteiger charge is 2.24. The summed E-state index contributed by atoms with van der Waals surface area (Å²) in [5.74, 6) is 0.629. The molecular weight excluding hydrogens is 324 g/mol. The molecule has 3 N–H and O–H groups in total. The van der Waals surface area contributed by atoms with E-state index in [1.807, 2.05) is 6.92 Å². The average Bonchev–Trinajstić information content (AvgIpc) is 2.99. The van der Waals surface area contributed by atoms with Crippen LogP contribution >= 0.6 is 0 Å². The predicted octanol–water partition coefficient (Wildman–Crippen LogP) is 3.39. The molecule has 1 heterocycles. The summed E-state index contributed by atoms with van der Waals surface area (Å²) in [5.41, 5.74) is 1.06. The van der Waals surface area contributed by atoms with Gasteiger partial charge in [-0.1, -0.05) is 12.1 Å². The molecule has 130 valence electrons. The van der Waals surface area contributed by atoms with Gasteiger partial charge in [-0.2, -0.15) is 0 Å². The molecular formula is C18H18N2O5. The third-order valence-electron chi connectivity index (χ3n) is 3.84. The Bertz CT molecular complexity index is 917. The Morgan fingerprint density at radius 2 is 1.96 bits per heavy atom. The lowest BCUT2D eigenvalue weighted by atomic mass is 10.1. The number of hydrogen-bond acceptors (Lipinski definition) is 6. The summed E-state index contributed by atoms with van der Waals surface area (Å²) >= 11 is 0. The minimum absolute atomic E-state index is 0.0221. The maximum absolute atomic E-state index is 13.0. The quantitative estimate of drug-likeness (QED) is 0.469. The van der Waals surface area contributed by atoms with Crippen molar-refractivity contribution < 1.29 is 24.7 Å². The highest BCUT2D eigenvalue weighted by Crippen LogP contribution is 2.35. The van der Waals surface area contributed by atoms with E-state index in [4.69, 9.17) is 9.47 Å². The number of rotatable bonds is 6. The normalized spacial score (nSPS) is 10.7. The molecule has 3 aromatic rings. The zero-order valence-corrected chi connectivity index (χ0v) is 13.8. The van der Waals surface area contributed by atoms with Crippen LogP contribution in [0.2, 0.25) is 0 Å². The van der Waals surface area contributed by atoms with E-state index in [2.05, 4.69) is 4.98 Å². The van der Waals surface area contributed by atoms with E-state index < -0.39 is 5.78 Å². The fraction of sp³-hybridized carbons (Fsp3) is 0.167. The fourth-order valence-electron chi connectivity index (χ4n) is 2.70. The first-order valence-corrected chi connectivity index (χ1v) is 7.71. The molecule has 0 spiro atoms. The molecule has 0 unspecified atom stereocenters. The van der Waals surface area contributed by atoms with E-state index in [1.165, 1.54) is 12.1 Å². The molecule has 0 fully saturated rings. The Balaban J connectivity index is 2.18. The van der Waals surface area contributed by atoms with E-state index in [0.717, 1.165) is 5.52 Å². The van der Waals surface area contributed by atoms with Crippen LogP contribution in [0.3, 0.4) is 0 Å². The maximum Gasteiger partial charge on any atom is 0.215 e. The lowest BCUT2D eigenvalue weighted by Gasteiger charge is -2.12. The number of fused-ring (bicyclic) bond motifs is 1. The van der Waals surface area contributed by atoms with Gasteiger partial charge in [-0.05, 0) is 37.3 Å². The van der Waals surface area contributed by atoms with Gasteiger partial charge in [0, 0.05) is 5.39 Å². The third kappa shape index (κ3) is 3.02. The first-order valence-electron chi connectivity index (χ1n) is 7.71. The lowest BCUT2D eigenvalue weighted by Crippen LogP contribution is -2.16. The molecule has 1 aromatic heterocycles. The Hall–Kier alpha value is -3.03. The second-order valence-corrected chi connectivity index (χ2v) is 5.31. The largest absolute Gasteiger partial charge is 0.497 e. The highest BCUT2D eigenvalue weighted by atomic mass is 16.8. The van der Waals surface area contributed by atoms with Gasteiger partial charge in [0.2, 0.25) is 5.78 Å². The third-order valence-corrected chi connectivity index (χ3v) is 3.84. The van der Waals surface area contributed by atoms with E-state index in [-0.39, 0.29) is 22.2 Å². The van der Waals surface area contributed by atoms with Gasteiger partial charge < -0.3 is 14.5 Å². The zero-order valence-electron chi connectivity index (χ0n) is 13.8. The van der Waals surface area contributed by atoms with Crippen molar-refractivity contribution >= 4 is 22.4 Å². The van der Waals surface area contributed by atoms with Crippen LogP contribution in [-0.2, 0) is 0 Å². The average molecular weight is 342 g/mol.